The fourth-order valence-electron chi connectivity index (χ4n) is 5.60. The number of carbonyl (C=O) groups excluding carboxylic acids is 2. The van der Waals surface area contributed by atoms with Gasteiger partial charge in [-0.2, -0.15) is 0 Å². The molecule has 4 aliphatic rings. The van der Waals surface area contributed by atoms with Gasteiger partial charge in [0.05, 0.1) is 30.8 Å². The van der Waals surface area contributed by atoms with E-state index in [-0.39, 0.29) is 60.7 Å². The molecule has 0 bridgehead atoms. The number of hydrogen-bond acceptors (Lipinski definition) is 5. The van der Waals surface area contributed by atoms with Crippen LogP contribution in [0.25, 0.3) is 0 Å². The van der Waals surface area contributed by atoms with Crippen LogP contribution in [-0.2, 0) is 14.3 Å². The molecule has 2 aliphatic carbocycles. The van der Waals surface area contributed by atoms with Crippen LogP contribution in [0, 0.1) is 23.7 Å². The molecule has 6 heteroatoms. The molecule has 4 rings (SSSR count). The largest absolute Gasteiger partial charge is 0.392 e. The first kappa shape index (κ1) is 21.2. The maximum Gasteiger partial charge on any atom is 0.227 e. The first-order chi connectivity index (χ1) is 14.5. The second kappa shape index (κ2) is 9.00. The highest BCUT2D eigenvalue weighted by Gasteiger charge is 2.58. The van der Waals surface area contributed by atoms with Gasteiger partial charge < -0.3 is 20.3 Å². The maximum atomic E-state index is 12.7. The number of rotatable bonds is 0. The monoisotopic (exact) mass is 413 g/mol. The molecule has 0 aromatic rings. The predicted octanol–water partition coefficient (Wildman–Crippen LogP) is 1.84. The van der Waals surface area contributed by atoms with Crippen LogP contribution in [0.5, 0.6) is 0 Å². The Labute approximate surface area is 177 Å². The Hall–Kier alpha value is -2.02. The van der Waals surface area contributed by atoms with Gasteiger partial charge in [0.15, 0.2) is 0 Å². The quantitative estimate of drug-likeness (QED) is 0.416. The average Bonchev–Trinajstić information content (AvgIpc) is 3.07. The van der Waals surface area contributed by atoms with E-state index in [1.165, 1.54) is 0 Å². The summed E-state index contributed by atoms with van der Waals surface area (Å²) in [4.78, 5) is 24.8. The third-order valence-corrected chi connectivity index (χ3v) is 6.95. The van der Waals surface area contributed by atoms with Crippen molar-refractivity contribution < 1.29 is 24.5 Å². The topological polar surface area (TPSA) is 95.9 Å². The molecule has 30 heavy (non-hydrogen) atoms. The number of allylic oxidation sites excluding steroid dienone is 6. The molecule has 8 atom stereocenters. The van der Waals surface area contributed by atoms with Crippen molar-refractivity contribution in [2.45, 2.75) is 57.0 Å². The lowest BCUT2D eigenvalue weighted by Crippen LogP contribution is -2.50. The second-order valence-corrected chi connectivity index (χ2v) is 8.93. The highest BCUT2D eigenvalue weighted by molar-refractivity contribution is 5.98. The molecule has 0 spiro atoms. The molecule has 3 N–H and O–H groups in total. The summed E-state index contributed by atoms with van der Waals surface area (Å²) in [6.45, 7) is 2.57. The number of ketones is 1. The van der Waals surface area contributed by atoms with Crippen molar-refractivity contribution in [3.05, 3.63) is 48.1 Å². The number of ether oxygens (including phenoxy) is 1. The minimum atomic E-state index is -0.747. The summed E-state index contributed by atoms with van der Waals surface area (Å²) >= 11 is 0. The number of aliphatic hydroxyl groups is 2. The molecule has 0 radical (unpaired) electrons. The summed E-state index contributed by atoms with van der Waals surface area (Å²) in [7, 11) is 0. The Kier molecular flexibility index (Phi) is 6.37. The van der Waals surface area contributed by atoms with Crippen molar-refractivity contribution in [1.82, 2.24) is 5.32 Å². The molecule has 1 amide bonds. The first-order valence-electron chi connectivity index (χ1n) is 10.9. The number of carbonyl (C=O) groups is 2. The molecule has 2 heterocycles. The van der Waals surface area contributed by atoms with Gasteiger partial charge in [-0.25, -0.2) is 0 Å². The molecule has 0 aromatic heterocycles. The Morgan fingerprint density at radius 3 is 2.73 bits per heavy atom. The van der Waals surface area contributed by atoms with Gasteiger partial charge in [0.25, 0.3) is 0 Å². The highest BCUT2D eigenvalue weighted by Crippen LogP contribution is 2.53. The van der Waals surface area contributed by atoms with Gasteiger partial charge in [0, 0.05) is 43.1 Å². The Bertz CT molecular complexity index is 797. The minimum Gasteiger partial charge on any atom is -0.392 e. The smallest absolute Gasteiger partial charge is 0.227 e. The van der Waals surface area contributed by atoms with Crippen LogP contribution in [0.3, 0.4) is 0 Å². The van der Waals surface area contributed by atoms with Crippen molar-refractivity contribution in [1.29, 1.82) is 0 Å². The lowest BCUT2D eigenvalue weighted by molar-refractivity contribution is -0.131. The van der Waals surface area contributed by atoms with Crippen molar-refractivity contribution in [2.75, 3.05) is 6.54 Å². The van der Waals surface area contributed by atoms with E-state index in [0.717, 1.165) is 5.57 Å². The number of hydrogen-bond donors (Lipinski definition) is 3. The summed E-state index contributed by atoms with van der Waals surface area (Å²) in [5, 5.41) is 23.9. The lowest BCUT2D eigenvalue weighted by atomic mass is 9.60. The van der Waals surface area contributed by atoms with Gasteiger partial charge in [-0.15, -0.1) is 0 Å². The summed E-state index contributed by atoms with van der Waals surface area (Å²) in [6.07, 6.45) is 13.0. The van der Waals surface area contributed by atoms with E-state index in [1.807, 2.05) is 24.3 Å². The van der Waals surface area contributed by atoms with E-state index in [2.05, 4.69) is 30.5 Å². The molecule has 1 saturated carbocycles. The highest BCUT2D eigenvalue weighted by atomic mass is 16.5. The second-order valence-electron chi connectivity index (χ2n) is 8.93. The molecule has 0 aromatic carbocycles. The van der Waals surface area contributed by atoms with Crippen LogP contribution in [0.15, 0.2) is 48.1 Å². The normalized spacial score (nSPS) is 45.8. The zero-order chi connectivity index (χ0) is 21.3. The van der Waals surface area contributed by atoms with E-state index in [1.54, 1.807) is 0 Å². The van der Waals surface area contributed by atoms with Crippen molar-refractivity contribution in [3.63, 3.8) is 0 Å². The summed E-state index contributed by atoms with van der Waals surface area (Å²) in [5.41, 5.74) is 1.15. The van der Waals surface area contributed by atoms with E-state index in [4.69, 9.17) is 4.74 Å². The van der Waals surface area contributed by atoms with Gasteiger partial charge in [-0.1, -0.05) is 48.1 Å². The molecule has 1 saturated heterocycles. The Morgan fingerprint density at radius 1 is 1.07 bits per heavy atom. The van der Waals surface area contributed by atoms with E-state index in [9.17, 15) is 19.8 Å². The molecule has 162 valence electrons. The van der Waals surface area contributed by atoms with Crippen LogP contribution in [-0.4, -0.2) is 52.9 Å². The average molecular weight is 414 g/mol. The number of nitrogens with one attached hydrogen (secondary N) is 1. The third-order valence-electron chi connectivity index (χ3n) is 6.95. The Balaban J connectivity index is 1.68. The van der Waals surface area contributed by atoms with E-state index in [0.29, 0.717) is 13.0 Å². The summed E-state index contributed by atoms with van der Waals surface area (Å²) in [5.74, 6) is -0.510. The van der Waals surface area contributed by atoms with Crippen LogP contribution in [0.4, 0.5) is 0 Å². The molecular formula is C24H31NO5. The summed E-state index contributed by atoms with van der Waals surface area (Å²) < 4.78 is 6.26. The summed E-state index contributed by atoms with van der Waals surface area (Å²) in [6, 6.07) is 0. The molecular weight excluding hydrogens is 382 g/mol. The first-order valence-corrected chi connectivity index (χ1v) is 10.9. The number of Topliss-reactive ketones (excluding diaryl/α,β-unsaturated/α-hetero) is 1. The minimum absolute atomic E-state index is 0.0188. The van der Waals surface area contributed by atoms with Gasteiger partial charge in [0.1, 0.15) is 5.78 Å². The van der Waals surface area contributed by atoms with Crippen LogP contribution in [0.1, 0.15) is 32.6 Å². The predicted molar refractivity (Wildman–Crippen MR) is 112 cm³/mol. The van der Waals surface area contributed by atoms with Gasteiger partial charge in [0.2, 0.25) is 5.91 Å². The fourth-order valence-corrected chi connectivity index (χ4v) is 5.60. The fraction of sp³-hybridized carbons (Fsp3) is 0.583. The number of aliphatic hydroxyl groups excluding tert-OH is 2. The maximum absolute atomic E-state index is 12.7. The van der Waals surface area contributed by atoms with Crippen LogP contribution < -0.4 is 5.32 Å². The van der Waals surface area contributed by atoms with Gasteiger partial charge in [-0.3, -0.25) is 9.59 Å². The van der Waals surface area contributed by atoms with Crippen LogP contribution >= 0.6 is 0 Å². The van der Waals surface area contributed by atoms with Gasteiger partial charge in [-0.05, 0) is 13.3 Å². The van der Waals surface area contributed by atoms with Crippen molar-refractivity contribution in [3.8, 4) is 0 Å². The zero-order valence-corrected chi connectivity index (χ0v) is 17.3. The van der Waals surface area contributed by atoms with Crippen molar-refractivity contribution >= 4 is 11.7 Å². The molecule has 2 aliphatic heterocycles. The third kappa shape index (κ3) is 4.22. The van der Waals surface area contributed by atoms with Crippen molar-refractivity contribution in [2.24, 2.45) is 23.7 Å². The molecule has 2 fully saturated rings. The molecule has 0 unspecified atom stereocenters. The van der Waals surface area contributed by atoms with Gasteiger partial charge >= 0.3 is 0 Å². The standard InChI is InChI=1S/C24H31NO5/c1-14-7-5-3-2-4-6-10-25-21(29)12-15(26)11-20-22-16(14)8-9-17-18(27)13-19(28)24(30-20)23(17)22/h2-5,7-9,16-20,22-24,27-28H,6,10-13H2,1H3,(H,25,29)/b4-2+,5-3-,14-7+/t16-,17+,18+,19-,20+,22+,23-,24-/m0/s1. The van der Waals surface area contributed by atoms with Crippen LogP contribution in [0.2, 0.25) is 0 Å². The lowest BCUT2D eigenvalue weighted by Gasteiger charge is -2.44. The SMILES string of the molecule is C\C1=C/C=C\C=C\CCNC(=O)CC(=O)C[C@H]2O[C@@H]3[C@H]4[C@H](C=C[C@@H]1[C@@H]42)[C@H](O)C[C@@H]3O. The van der Waals surface area contributed by atoms with E-state index >= 15 is 0 Å². The zero-order valence-electron chi connectivity index (χ0n) is 17.3. The Morgan fingerprint density at radius 2 is 1.90 bits per heavy atom. The molecule has 6 nitrogen and oxygen atoms in total. The number of amides is 1. The van der Waals surface area contributed by atoms with E-state index < -0.39 is 18.3 Å².